The number of nitrogens with zero attached hydrogens (tertiary/aromatic N) is 2. The van der Waals surface area contributed by atoms with Crippen LogP contribution in [0.25, 0.3) is 10.6 Å². The van der Waals surface area contributed by atoms with Gasteiger partial charge >= 0.3 is 6.09 Å². The van der Waals surface area contributed by atoms with Gasteiger partial charge in [0.25, 0.3) is 0 Å². The quantitative estimate of drug-likeness (QED) is 0.880. The minimum Gasteiger partial charge on any atom is -0.449 e. The second kappa shape index (κ2) is 6.70. The van der Waals surface area contributed by atoms with Crippen LogP contribution in [0.1, 0.15) is 30.3 Å². The molecule has 1 aliphatic carbocycles. The summed E-state index contributed by atoms with van der Waals surface area (Å²) in [6, 6.07) is 10.1. The molecule has 114 valence electrons. The highest BCUT2D eigenvalue weighted by molar-refractivity contribution is 7.17. The molecular formula is C16H17N3O2S. The van der Waals surface area contributed by atoms with Crippen molar-refractivity contribution in [3.8, 4) is 10.6 Å². The third-order valence-electron chi connectivity index (χ3n) is 3.36. The zero-order valence-electron chi connectivity index (χ0n) is 12.3. The summed E-state index contributed by atoms with van der Waals surface area (Å²) in [5.74, 6) is 0. The van der Waals surface area contributed by atoms with E-state index >= 15 is 0 Å². The van der Waals surface area contributed by atoms with Crippen molar-refractivity contribution in [2.24, 2.45) is 5.10 Å². The molecule has 1 aromatic heterocycles. The average Bonchev–Trinajstić information content (AvgIpc) is 2.99. The number of hydrogen-bond donors (Lipinski definition) is 1. The number of nitrogens with one attached hydrogen (secondary N) is 1. The van der Waals surface area contributed by atoms with Crippen molar-refractivity contribution in [1.29, 1.82) is 0 Å². The van der Waals surface area contributed by atoms with Gasteiger partial charge in [-0.25, -0.2) is 15.2 Å². The van der Waals surface area contributed by atoms with Crippen LogP contribution < -0.4 is 5.43 Å². The molecule has 1 N–H and O–H groups in total. The number of amides is 1. The lowest BCUT2D eigenvalue weighted by Crippen LogP contribution is -2.22. The van der Waals surface area contributed by atoms with E-state index in [1.807, 2.05) is 18.2 Å². The molecule has 2 aromatic rings. The van der Waals surface area contributed by atoms with Crippen LogP contribution in [0.4, 0.5) is 4.79 Å². The van der Waals surface area contributed by atoms with E-state index < -0.39 is 6.09 Å². The molecule has 0 saturated heterocycles. The lowest BCUT2D eigenvalue weighted by atomic mass is 10.0. The summed E-state index contributed by atoms with van der Waals surface area (Å²) < 4.78 is 4.83. The fourth-order valence-electron chi connectivity index (χ4n) is 2.37. The topological polar surface area (TPSA) is 63.6 Å². The lowest BCUT2D eigenvalue weighted by molar-refractivity contribution is 0.152. The van der Waals surface area contributed by atoms with Crippen molar-refractivity contribution < 1.29 is 9.53 Å². The predicted octanol–water partition coefficient (Wildman–Crippen LogP) is 3.60. The van der Waals surface area contributed by atoms with E-state index in [4.69, 9.17) is 9.72 Å². The first kappa shape index (κ1) is 14.7. The second-order valence-corrected chi connectivity index (χ2v) is 5.90. The number of hydrogen-bond acceptors (Lipinski definition) is 5. The van der Waals surface area contributed by atoms with E-state index in [1.54, 1.807) is 18.3 Å². The largest absolute Gasteiger partial charge is 0.449 e. The number of rotatable bonds is 3. The zero-order chi connectivity index (χ0) is 15.4. The van der Waals surface area contributed by atoms with Gasteiger partial charge in [-0.1, -0.05) is 30.3 Å². The summed E-state index contributed by atoms with van der Waals surface area (Å²) >= 11 is 1.63. The SMILES string of the molecule is CCOC(=O)NN=C1CCCc2nc(-c3ccccc3)sc21. The summed E-state index contributed by atoms with van der Waals surface area (Å²) in [7, 11) is 0. The van der Waals surface area contributed by atoms with Crippen molar-refractivity contribution in [3.63, 3.8) is 0 Å². The van der Waals surface area contributed by atoms with Crippen LogP contribution in [0.15, 0.2) is 35.4 Å². The Morgan fingerprint density at radius 1 is 1.36 bits per heavy atom. The summed E-state index contributed by atoms with van der Waals surface area (Å²) in [6.45, 7) is 2.10. The molecule has 0 atom stereocenters. The van der Waals surface area contributed by atoms with Gasteiger partial charge in [0.05, 0.1) is 22.9 Å². The highest BCUT2D eigenvalue weighted by atomic mass is 32.1. The Balaban J connectivity index is 1.86. The summed E-state index contributed by atoms with van der Waals surface area (Å²) in [5.41, 5.74) is 5.51. The van der Waals surface area contributed by atoms with E-state index in [0.717, 1.165) is 46.1 Å². The molecule has 6 heteroatoms. The summed E-state index contributed by atoms with van der Waals surface area (Å²) in [4.78, 5) is 17.2. The van der Waals surface area contributed by atoms with Crippen LogP contribution in [-0.2, 0) is 11.2 Å². The van der Waals surface area contributed by atoms with Gasteiger partial charge in [0.1, 0.15) is 5.01 Å². The number of ether oxygens (including phenoxy) is 1. The Morgan fingerprint density at radius 2 is 2.18 bits per heavy atom. The molecule has 0 spiro atoms. The van der Waals surface area contributed by atoms with Crippen LogP contribution in [0, 0.1) is 0 Å². The Bertz CT molecular complexity index is 695. The third-order valence-corrected chi connectivity index (χ3v) is 4.56. The van der Waals surface area contributed by atoms with Crippen LogP contribution in [-0.4, -0.2) is 23.4 Å². The van der Waals surface area contributed by atoms with Gasteiger partial charge in [-0.2, -0.15) is 5.10 Å². The molecule has 1 heterocycles. The van der Waals surface area contributed by atoms with Gasteiger partial charge in [0.15, 0.2) is 0 Å². The molecule has 5 nitrogen and oxygen atoms in total. The highest BCUT2D eigenvalue weighted by Crippen LogP contribution is 2.32. The molecule has 0 bridgehead atoms. The molecule has 22 heavy (non-hydrogen) atoms. The number of aryl methyl sites for hydroxylation is 1. The lowest BCUT2D eigenvalue weighted by Gasteiger charge is -2.11. The molecule has 3 rings (SSSR count). The Labute approximate surface area is 133 Å². The van der Waals surface area contributed by atoms with Gasteiger partial charge < -0.3 is 4.74 Å². The zero-order valence-corrected chi connectivity index (χ0v) is 13.2. The maximum absolute atomic E-state index is 11.4. The highest BCUT2D eigenvalue weighted by Gasteiger charge is 2.21. The molecular weight excluding hydrogens is 298 g/mol. The first-order chi connectivity index (χ1) is 10.8. The summed E-state index contributed by atoms with van der Waals surface area (Å²) in [6.07, 6.45) is 2.27. The van der Waals surface area contributed by atoms with Crippen LogP contribution >= 0.6 is 11.3 Å². The number of carbonyl (C=O) groups is 1. The van der Waals surface area contributed by atoms with Gasteiger partial charge in [-0.3, -0.25) is 0 Å². The molecule has 0 unspecified atom stereocenters. The van der Waals surface area contributed by atoms with Crippen molar-refractivity contribution in [1.82, 2.24) is 10.4 Å². The fourth-order valence-corrected chi connectivity index (χ4v) is 3.50. The minimum absolute atomic E-state index is 0.334. The van der Waals surface area contributed by atoms with Crippen molar-refractivity contribution >= 4 is 23.1 Å². The Morgan fingerprint density at radius 3 is 2.95 bits per heavy atom. The number of aromatic nitrogens is 1. The second-order valence-electron chi connectivity index (χ2n) is 4.91. The number of fused-ring (bicyclic) bond motifs is 1. The van der Waals surface area contributed by atoms with E-state index in [1.165, 1.54) is 0 Å². The van der Waals surface area contributed by atoms with E-state index in [9.17, 15) is 4.79 Å². The molecule has 1 aliphatic rings. The third kappa shape index (κ3) is 3.17. The Hall–Kier alpha value is -2.21. The molecule has 0 fully saturated rings. The maximum Gasteiger partial charge on any atom is 0.427 e. The van der Waals surface area contributed by atoms with Crippen molar-refractivity contribution in [2.75, 3.05) is 6.61 Å². The monoisotopic (exact) mass is 315 g/mol. The predicted molar refractivity (Wildman–Crippen MR) is 87.2 cm³/mol. The van der Waals surface area contributed by atoms with E-state index in [0.29, 0.717) is 6.61 Å². The normalized spacial score (nSPS) is 15.4. The van der Waals surface area contributed by atoms with Crippen LogP contribution in [0.5, 0.6) is 0 Å². The summed E-state index contributed by atoms with van der Waals surface area (Å²) in [5, 5.41) is 5.21. The fraction of sp³-hybridized carbons (Fsp3) is 0.312. The van der Waals surface area contributed by atoms with Crippen LogP contribution in [0.2, 0.25) is 0 Å². The maximum atomic E-state index is 11.4. The number of hydrazone groups is 1. The van der Waals surface area contributed by atoms with Gasteiger partial charge in [0, 0.05) is 5.56 Å². The van der Waals surface area contributed by atoms with Crippen molar-refractivity contribution in [3.05, 3.63) is 40.9 Å². The first-order valence-corrected chi connectivity index (χ1v) is 8.14. The number of carbonyl (C=O) groups excluding carboxylic acids is 1. The molecule has 0 aliphatic heterocycles. The Kier molecular flexibility index (Phi) is 4.48. The molecule has 1 aromatic carbocycles. The number of benzene rings is 1. The first-order valence-electron chi connectivity index (χ1n) is 7.32. The average molecular weight is 315 g/mol. The van der Waals surface area contributed by atoms with Crippen LogP contribution in [0.3, 0.4) is 0 Å². The van der Waals surface area contributed by atoms with Gasteiger partial charge in [-0.15, -0.1) is 11.3 Å². The van der Waals surface area contributed by atoms with E-state index in [-0.39, 0.29) is 0 Å². The van der Waals surface area contributed by atoms with Crippen molar-refractivity contribution in [2.45, 2.75) is 26.2 Å². The van der Waals surface area contributed by atoms with E-state index in [2.05, 4.69) is 22.7 Å². The number of thiazole rings is 1. The minimum atomic E-state index is -0.519. The molecule has 1 amide bonds. The standard InChI is InChI=1S/C16H17N3O2S/c1-2-21-16(20)19-18-13-10-6-9-12-14(13)22-15(17-12)11-7-4-3-5-8-11/h3-5,7-8H,2,6,9-10H2,1H3,(H,19,20). The molecule has 0 radical (unpaired) electrons. The van der Waals surface area contributed by atoms with Gasteiger partial charge in [0.2, 0.25) is 0 Å². The molecule has 0 saturated carbocycles. The van der Waals surface area contributed by atoms with Gasteiger partial charge in [-0.05, 0) is 26.2 Å². The smallest absolute Gasteiger partial charge is 0.427 e.